The van der Waals surface area contributed by atoms with Crippen molar-refractivity contribution in [1.29, 1.82) is 0 Å². The monoisotopic (exact) mass is 542 g/mol. The first kappa shape index (κ1) is 28.6. The molecule has 4 aromatic rings. The molecule has 0 aliphatic rings. The molecule has 1 atom stereocenters. The fraction of sp³-hybridized carbons (Fsp3) is 0.290. The van der Waals surface area contributed by atoms with Gasteiger partial charge in [0.1, 0.15) is 17.5 Å². The molecular weight excluding hydrogens is 507 g/mol. The molecule has 0 fully saturated rings. The number of fused-ring (bicyclic) bond motifs is 1. The van der Waals surface area contributed by atoms with E-state index in [0.29, 0.717) is 17.8 Å². The number of allylic oxidation sites excluding steroid dienone is 1. The van der Waals surface area contributed by atoms with E-state index in [1.807, 2.05) is 43.4 Å². The number of nitrogens with zero attached hydrogens (tertiary/aromatic N) is 4. The van der Waals surface area contributed by atoms with E-state index < -0.39 is 5.82 Å². The summed E-state index contributed by atoms with van der Waals surface area (Å²) in [7, 11) is 3.94. The summed E-state index contributed by atoms with van der Waals surface area (Å²) in [4.78, 5) is 35.0. The highest BCUT2D eigenvalue weighted by atomic mass is 19.1. The third-order valence-corrected chi connectivity index (χ3v) is 6.75. The lowest BCUT2D eigenvalue weighted by atomic mass is 9.98. The highest BCUT2D eigenvalue weighted by molar-refractivity contribution is 6.04. The number of halogens is 1. The highest BCUT2D eigenvalue weighted by Crippen LogP contribution is 2.35. The molecule has 0 aliphatic heterocycles. The number of rotatable bonds is 12. The Hall–Kier alpha value is -4.37. The summed E-state index contributed by atoms with van der Waals surface area (Å²) in [5.74, 6) is 0.104. The van der Waals surface area contributed by atoms with Crippen LogP contribution in [0.2, 0.25) is 0 Å². The molecule has 4 rings (SSSR count). The van der Waals surface area contributed by atoms with E-state index in [9.17, 15) is 14.0 Å². The minimum Gasteiger partial charge on any atom is -0.382 e. The molecule has 0 bridgehead atoms. The van der Waals surface area contributed by atoms with Gasteiger partial charge >= 0.3 is 0 Å². The second-order valence-corrected chi connectivity index (χ2v) is 10.2. The number of carbonyl (C=O) groups excluding carboxylic acids is 2. The minimum atomic E-state index is -0.473. The van der Waals surface area contributed by atoms with Gasteiger partial charge in [-0.05, 0) is 68.8 Å². The molecule has 208 valence electrons. The lowest BCUT2D eigenvalue weighted by Crippen LogP contribution is -2.12. The lowest BCUT2D eigenvalue weighted by Gasteiger charge is -2.12. The van der Waals surface area contributed by atoms with E-state index in [1.165, 1.54) is 18.3 Å². The summed E-state index contributed by atoms with van der Waals surface area (Å²) in [6.07, 6.45) is 11.7. The van der Waals surface area contributed by atoms with Gasteiger partial charge in [-0.2, -0.15) is 0 Å². The molecule has 3 N–H and O–H groups in total. The summed E-state index contributed by atoms with van der Waals surface area (Å²) < 4.78 is 15.5. The number of aromatic nitrogens is 3. The van der Waals surface area contributed by atoms with Crippen molar-refractivity contribution in [2.75, 3.05) is 31.7 Å². The van der Waals surface area contributed by atoms with Gasteiger partial charge in [-0.1, -0.05) is 31.6 Å². The summed E-state index contributed by atoms with van der Waals surface area (Å²) in [6.45, 7) is 2.93. The highest BCUT2D eigenvalue weighted by Gasteiger charge is 2.18. The predicted molar refractivity (Wildman–Crippen MR) is 157 cm³/mol. The van der Waals surface area contributed by atoms with Crippen LogP contribution >= 0.6 is 0 Å². The van der Waals surface area contributed by atoms with Crippen molar-refractivity contribution in [3.63, 3.8) is 0 Å². The van der Waals surface area contributed by atoms with Crippen LogP contribution in [0.1, 0.15) is 54.6 Å². The van der Waals surface area contributed by atoms with Crippen molar-refractivity contribution in [2.45, 2.75) is 38.5 Å². The number of amides is 1. The number of hydrogen-bond donors (Lipinski definition) is 2. The van der Waals surface area contributed by atoms with E-state index in [-0.39, 0.29) is 23.4 Å². The number of nitrogens with two attached hydrogens (primary N) is 1. The molecule has 0 aliphatic carbocycles. The topological polar surface area (TPSA) is 106 Å². The Morgan fingerprint density at radius 3 is 2.60 bits per heavy atom. The normalized spacial score (nSPS) is 12.3. The van der Waals surface area contributed by atoms with Gasteiger partial charge in [-0.15, -0.1) is 0 Å². The number of benzene rings is 1. The van der Waals surface area contributed by atoms with Gasteiger partial charge in [0, 0.05) is 54.4 Å². The maximum absolute atomic E-state index is 13.4. The molecule has 8 nitrogen and oxygen atoms in total. The maximum Gasteiger partial charge on any atom is 0.256 e. The van der Waals surface area contributed by atoms with Crippen LogP contribution in [0, 0.1) is 5.82 Å². The van der Waals surface area contributed by atoms with E-state index in [0.717, 1.165) is 48.1 Å². The number of likely N-dealkylation sites (N-methyl/N-ethyl adjacent to an activating group) is 1. The zero-order chi connectivity index (χ0) is 28.6. The van der Waals surface area contributed by atoms with Gasteiger partial charge in [0.15, 0.2) is 5.78 Å². The lowest BCUT2D eigenvalue weighted by molar-refractivity contribution is -0.114. The van der Waals surface area contributed by atoms with Crippen LogP contribution in [0.25, 0.3) is 16.6 Å². The first-order valence-electron chi connectivity index (χ1n) is 13.4. The zero-order valence-corrected chi connectivity index (χ0v) is 23.1. The Kier molecular flexibility index (Phi) is 9.39. The number of carbonyl (C=O) groups is 2. The van der Waals surface area contributed by atoms with Crippen LogP contribution in [0.15, 0.2) is 73.2 Å². The van der Waals surface area contributed by atoms with Gasteiger partial charge in [0.05, 0.1) is 5.52 Å². The van der Waals surface area contributed by atoms with Crippen LogP contribution in [-0.4, -0.2) is 51.6 Å². The Balaban J connectivity index is 1.46. The van der Waals surface area contributed by atoms with Crippen LogP contribution < -0.4 is 11.1 Å². The molecule has 9 heteroatoms. The van der Waals surface area contributed by atoms with Crippen molar-refractivity contribution in [3.8, 4) is 11.1 Å². The average Bonchev–Trinajstić information content (AvgIpc) is 3.32. The van der Waals surface area contributed by atoms with Crippen molar-refractivity contribution in [1.82, 2.24) is 19.3 Å². The second-order valence-electron chi connectivity index (χ2n) is 10.2. The molecule has 0 unspecified atom stereocenters. The standard InChI is InChI=1S/C31H35FN6O2/c1-21(7-4-5-8-25(39)9-6-17-37(2)3)27-20-26(29-30(33)35-16-18-38(27)29)22-10-12-23(13-11-22)31(40)36-28-19-24(32)14-15-34-28/h6,9-16,18-21H,4-5,7-8,17H2,1-3H3,(H2,33,35)(H,34,36,40)/b9-6+/t21-/m0/s1. The van der Waals surface area contributed by atoms with Gasteiger partial charge < -0.3 is 20.4 Å². The molecule has 1 aromatic carbocycles. The molecule has 3 aromatic heterocycles. The Labute approximate surface area is 233 Å². The Morgan fingerprint density at radius 2 is 1.88 bits per heavy atom. The molecule has 0 radical (unpaired) electrons. The van der Waals surface area contributed by atoms with Gasteiger partial charge in [-0.3, -0.25) is 9.59 Å². The van der Waals surface area contributed by atoms with E-state index in [1.54, 1.807) is 24.4 Å². The van der Waals surface area contributed by atoms with Crippen LogP contribution in [-0.2, 0) is 4.79 Å². The largest absolute Gasteiger partial charge is 0.382 e. The summed E-state index contributed by atoms with van der Waals surface area (Å²) >= 11 is 0. The number of nitrogens with one attached hydrogen (secondary N) is 1. The van der Waals surface area contributed by atoms with E-state index in [2.05, 4.69) is 32.7 Å². The van der Waals surface area contributed by atoms with Gasteiger partial charge in [0.2, 0.25) is 0 Å². The molecule has 0 saturated carbocycles. The first-order valence-corrected chi connectivity index (χ1v) is 13.4. The Bertz CT molecular complexity index is 1510. The van der Waals surface area contributed by atoms with Crippen LogP contribution in [0.5, 0.6) is 0 Å². The molecule has 40 heavy (non-hydrogen) atoms. The van der Waals surface area contributed by atoms with Gasteiger partial charge in [-0.25, -0.2) is 14.4 Å². The van der Waals surface area contributed by atoms with Crippen molar-refractivity contribution in [2.24, 2.45) is 0 Å². The third-order valence-electron chi connectivity index (χ3n) is 6.75. The van der Waals surface area contributed by atoms with Gasteiger partial charge in [0.25, 0.3) is 5.91 Å². The molecule has 1 amide bonds. The summed E-state index contributed by atoms with van der Waals surface area (Å²) in [5.41, 5.74) is 10.5. The predicted octanol–water partition coefficient (Wildman–Crippen LogP) is 5.72. The van der Waals surface area contributed by atoms with Crippen LogP contribution in [0.3, 0.4) is 0 Å². The molecule has 3 heterocycles. The minimum absolute atomic E-state index is 0.148. The van der Waals surface area contributed by atoms with Crippen LogP contribution in [0.4, 0.5) is 16.0 Å². The summed E-state index contributed by atoms with van der Waals surface area (Å²) in [5, 5.41) is 2.61. The fourth-order valence-electron chi connectivity index (χ4n) is 4.65. The number of anilines is 2. The quantitative estimate of drug-likeness (QED) is 0.175. The number of pyridine rings is 1. The average molecular weight is 543 g/mol. The fourth-order valence-corrected chi connectivity index (χ4v) is 4.65. The Morgan fingerprint density at radius 1 is 1.10 bits per heavy atom. The smallest absolute Gasteiger partial charge is 0.256 e. The second kappa shape index (κ2) is 13.1. The van der Waals surface area contributed by atoms with Crippen molar-refractivity contribution >= 4 is 28.8 Å². The SMILES string of the molecule is C[C@@H](CCCCC(=O)/C=C/CN(C)C)c1cc(-c2ccc(C(=O)Nc3cc(F)ccn3)cc2)c2c(N)nccn12. The number of ketones is 1. The number of nitrogen functional groups attached to an aromatic ring is 1. The zero-order valence-electron chi connectivity index (χ0n) is 23.1. The number of hydrogen-bond acceptors (Lipinski definition) is 6. The maximum atomic E-state index is 13.4. The first-order chi connectivity index (χ1) is 19.2. The van der Waals surface area contributed by atoms with Crippen molar-refractivity contribution in [3.05, 3.63) is 90.3 Å². The molecule has 0 spiro atoms. The number of unbranched alkanes of at least 4 members (excludes halogenated alkanes) is 1. The van der Waals surface area contributed by atoms with E-state index >= 15 is 0 Å². The third kappa shape index (κ3) is 7.18. The van der Waals surface area contributed by atoms with E-state index in [4.69, 9.17) is 5.73 Å². The summed E-state index contributed by atoms with van der Waals surface area (Å²) in [6, 6.07) is 11.7. The van der Waals surface area contributed by atoms with Crippen molar-refractivity contribution < 1.29 is 14.0 Å². The molecule has 0 saturated heterocycles. The molecular formula is C31H35FN6O2.